The minimum atomic E-state index is 0.0829. The highest BCUT2D eigenvalue weighted by Crippen LogP contribution is 2.34. The first-order valence-electron chi connectivity index (χ1n) is 25.9. The maximum atomic E-state index is 7.50. The summed E-state index contributed by atoms with van der Waals surface area (Å²) in [6, 6.07) is 0. The van der Waals surface area contributed by atoms with Crippen LogP contribution in [0, 0.1) is 5.92 Å². The summed E-state index contributed by atoms with van der Waals surface area (Å²) in [5.74, 6) is 0.726. The molecule has 1 nitrogen and oxygen atoms in total. The van der Waals surface area contributed by atoms with Gasteiger partial charge in [-0.2, -0.15) is 0 Å². The lowest BCUT2D eigenvalue weighted by atomic mass is 9.73. The van der Waals surface area contributed by atoms with Gasteiger partial charge in [-0.25, -0.2) is 0 Å². The van der Waals surface area contributed by atoms with Crippen LogP contribution in [0.25, 0.3) is 0 Å². The molecule has 0 radical (unpaired) electrons. The topological polar surface area (TPSA) is 26.0 Å². The Labute approximate surface area is 339 Å². The van der Waals surface area contributed by atoms with Gasteiger partial charge in [0.2, 0.25) is 0 Å². The Kier molecular flexibility index (Phi) is 44.6. The van der Waals surface area contributed by atoms with Gasteiger partial charge in [-0.15, -0.1) is 0 Å². The molecule has 0 heterocycles. The molecule has 0 aliphatic rings. The molecule has 0 saturated carbocycles. The molecule has 0 aliphatic heterocycles. The van der Waals surface area contributed by atoms with Crippen molar-refractivity contribution < 1.29 is 0 Å². The van der Waals surface area contributed by atoms with Crippen LogP contribution in [0.2, 0.25) is 0 Å². The molecule has 0 saturated heterocycles. The van der Waals surface area contributed by atoms with E-state index in [1.807, 2.05) is 0 Å². The van der Waals surface area contributed by atoms with E-state index in [0.717, 1.165) is 5.92 Å². The predicted octanol–water partition coefficient (Wildman–Crippen LogP) is 19.3. The van der Waals surface area contributed by atoms with Crippen LogP contribution in [-0.2, 0) is 0 Å². The van der Waals surface area contributed by atoms with Gasteiger partial charge in [-0.1, -0.05) is 304 Å². The molecule has 2 N–H and O–H groups in total. The third-order valence-electron chi connectivity index (χ3n) is 13.2. The van der Waals surface area contributed by atoms with Crippen molar-refractivity contribution in [2.24, 2.45) is 11.7 Å². The summed E-state index contributed by atoms with van der Waals surface area (Å²) < 4.78 is 0. The Hall–Kier alpha value is -0.0400. The zero-order valence-electron chi connectivity index (χ0n) is 38.2. The van der Waals surface area contributed by atoms with Gasteiger partial charge in [-0.05, 0) is 25.2 Å². The van der Waals surface area contributed by atoms with E-state index in [-0.39, 0.29) is 5.54 Å². The highest BCUT2D eigenvalue weighted by molar-refractivity contribution is 4.91. The predicted molar refractivity (Wildman–Crippen MR) is 245 cm³/mol. The lowest BCUT2D eigenvalue weighted by Crippen LogP contribution is -2.47. The standard InChI is InChI=1S/C52H107N/c1-5-9-12-15-18-21-24-27-30-33-36-39-42-45-48-51(8-4)52(53,49-46-43-40-37-34-31-28-25-22-19-16-13-10-6-2)50-47-44-41-38-35-32-29-26-23-20-17-14-11-7-3/h51H,5-50,53H2,1-4H3. The largest absolute Gasteiger partial charge is 0.325 e. The molecule has 1 heteroatoms. The molecule has 53 heavy (non-hydrogen) atoms. The molecule has 0 aromatic rings. The summed E-state index contributed by atoms with van der Waals surface area (Å²) >= 11 is 0. The summed E-state index contributed by atoms with van der Waals surface area (Å²) in [5, 5.41) is 0. The quantitative estimate of drug-likeness (QED) is 0.0617. The highest BCUT2D eigenvalue weighted by atomic mass is 14.8. The summed E-state index contributed by atoms with van der Waals surface area (Å²) in [6.07, 6.45) is 65.9. The van der Waals surface area contributed by atoms with E-state index in [2.05, 4.69) is 27.7 Å². The number of hydrogen-bond donors (Lipinski definition) is 1. The molecule has 0 aromatic heterocycles. The van der Waals surface area contributed by atoms with E-state index >= 15 is 0 Å². The monoisotopic (exact) mass is 746 g/mol. The average Bonchev–Trinajstić information content (AvgIpc) is 3.16. The van der Waals surface area contributed by atoms with Gasteiger partial charge in [0.1, 0.15) is 0 Å². The zero-order valence-corrected chi connectivity index (χ0v) is 38.2. The molecule has 0 rings (SSSR count). The molecule has 1 atom stereocenters. The summed E-state index contributed by atoms with van der Waals surface area (Å²) in [4.78, 5) is 0. The fourth-order valence-corrected chi connectivity index (χ4v) is 9.31. The highest BCUT2D eigenvalue weighted by Gasteiger charge is 2.32. The second-order valence-corrected chi connectivity index (χ2v) is 18.4. The van der Waals surface area contributed by atoms with Crippen molar-refractivity contribution in [3.8, 4) is 0 Å². The molecular formula is C52H107N. The number of unbranched alkanes of at least 4 members (excludes halogenated alkanes) is 39. The van der Waals surface area contributed by atoms with Crippen molar-refractivity contribution in [2.45, 2.75) is 329 Å². The molecule has 0 amide bonds. The van der Waals surface area contributed by atoms with Gasteiger partial charge in [0, 0.05) is 5.54 Å². The molecule has 0 aliphatic carbocycles. The summed E-state index contributed by atoms with van der Waals surface area (Å²) in [5.41, 5.74) is 7.58. The van der Waals surface area contributed by atoms with E-state index in [9.17, 15) is 0 Å². The second kappa shape index (κ2) is 44.7. The Morgan fingerprint density at radius 2 is 0.453 bits per heavy atom. The van der Waals surface area contributed by atoms with Gasteiger partial charge in [0.05, 0.1) is 0 Å². The lowest BCUT2D eigenvalue weighted by Gasteiger charge is -2.38. The van der Waals surface area contributed by atoms with E-state index in [0.29, 0.717) is 0 Å². The van der Waals surface area contributed by atoms with Crippen LogP contribution in [-0.4, -0.2) is 5.54 Å². The normalized spacial score (nSPS) is 12.6. The Morgan fingerprint density at radius 1 is 0.264 bits per heavy atom. The summed E-state index contributed by atoms with van der Waals surface area (Å²) in [7, 11) is 0. The van der Waals surface area contributed by atoms with Gasteiger partial charge < -0.3 is 5.73 Å². The summed E-state index contributed by atoms with van der Waals surface area (Å²) in [6.45, 7) is 9.40. The maximum absolute atomic E-state index is 7.50. The first kappa shape index (κ1) is 53.0. The number of rotatable bonds is 47. The van der Waals surface area contributed by atoms with Crippen molar-refractivity contribution in [3.05, 3.63) is 0 Å². The second-order valence-electron chi connectivity index (χ2n) is 18.4. The van der Waals surface area contributed by atoms with E-state index in [4.69, 9.17) is 5.73 Å². The molecule has 0 spiro atoms. The molecular weight excluding hydrogens is 639 g/mol. The van der Waals surface area contributed by atoms with E-state index < -0.39 is 0 Å². The number of hydrogen-bond acceptors (Lipinski definition) is 1. The minimum Gasteiger partial charge on any atom is -0.325 e. The first-order valence-corrected chi connectivity index (χ1v) is 25.9. The Morgan fingerprint density at radius 3 is 0.660 bits per heavy atom. The van der Waals surface area contributed by atoms with Crippen LogP contribution in [0.3, 0.4) is 0 Å². The fourth-order valence-electron chi connectivity index (χ4n) is 9.31. The van der Waals surface area contributed by atoms with Gasteiger partial charge in [0.15, 0.2) is 0 Å². The minimum absolute atomic E-state index is 0.0829. The van der Waals surface area contributed by atoms with Crippen molar-refractivity contribution in [1.29, 1.82) is 0 Å². The van der Waals surface area contributed by atoms with Crippen LogP contribution in [0.1, 0.15) is 323 Å². The van der Waals surface area contributed by atoms with E-state index in [1.54, 1.807) is 0 Å². The number of nitrogens with two attached hydrogens (primary N) is 1. The third-order valence-corrected chi connectivity index (χ3v) is 13.2. The van der Waals surface area contributed by atoms with Crippen molar-refractivity contribution in [3.63, 3.8) is 0 Å². The SMILES string of the molecule is CCCCCCCCCCCCCCCCC(CC)C(N)(CCCCCCCCCCCCCCCC)CCCCCCCCCCCCCCCC. The Balaban J connectivity index is 4.34. The van der Waals surface area contributed by atoms with Gasteiger partial charge >= 0.3 is 0 Å². The van der Waals surface area contributed by atoms with Gasteiger partial charge in [0.25, 0.3) is 0 Å². The van der Waals surface area contributed by atoms with Crippen LogP contribution < -0.4 is 5.73 Å². The van der Waals surface area contributed by atoms with Crippen LogP contribution in [0.5, 0.6) is 0 Å². The molecule has 0 aromatic carbocycles. The molecule has 0 fully saturated rings. The van der Waals surface area contributed by atoms with Crippen LogP contribution in [0.15, 0.2) is 0 Å². The fraction of sp³-hybridized carbons (Fsp3) is 1.00. The third kappa shape index (κ3) is 38.6. The lowest BCUT2D eigenvalue weighted by molar-refractivity contribution is 0.199. The van der Waals surface area contributed by atoms with Crippen LogP contribution >= 0.6 is 0 Å². The van der Waals surface area contributed by atoms with E-state index in [1.165, 1.54) is 295 Å². The molecule has 320 valence electrons. The van der Waals surface area contributed by atoms with Crippen molar-refractivity contribution in [1.82, 2.24) is 0 Å². The Bertz CT molecular complexity index is 609. The van der Waals surface area contributed by atoms with Gasteiger partial charge in [-0.3, -0.25) is 0 Å². The first-order chi connectivity index (χ1) is 26.1. The smallest absolute Gasteiger partial charge is 0.0182 e. The molecule has 0 bridgehead atoms. The van der Waals surface area contributed by atoms with Crippen molar-refractivity contribution in [2.75, 3.05) is 0 Å². The van der Waals surface area contributed by atoms with Crippen LogP contribution in [0.4, 0.5) is 0 Å². The molecule has 1 unspecified atom stereocenters. The average molecular weight is 746 g/mol. The van der Waals surface area contributed by atoms with Crippen molar-refractivity contribution >= 4 is 0 Å². The maximum Gasteiger partial charge on any atom is 0.0182 e. The zero-order chi connectivity index (χ0) is 38.6.